The van der Waals surface area contributed by atoms with Crippen molar-refractivity contribution in [2.45, 2.75) is 26.4 Å². The lowest BCUT2D eigenvalue weighted by molar-refractivity contribution is 0.401. The molecule has 0 unspecified atom stereocenters. The summed E-state index contributed by atoms with van der Waals surface area (Å²) in [7, 11) is 1.62. The molecule has 6 heteroatoms. The maximum Gasteiger partial charge on any atom is 0.322 e. The summed E-state index contributed by atoms with van der Waals surface area (Å²) < 4.78 is 12.7. The largest absolute Gasteiger partial charge is 0.497 e. The molecule has 0 aliphatic carbocycles. The Labute approximate surface area is 112 Å². The minimum atomic E-state index is -0.180. The molecule has 1 atom stereocenters. The molecule has 1 aromatic heterocycles. The van der Waals surface area contributed by atoms with Gasteiger partial charge in [-0.25, -0.2) is 0 Å². The summed E-state index contributed by atoms with van der Waals surface area (Å²) in [6.07, 6.45) is 0. The molecule has 0 amide bonds. The quantitative estimate of drug-likeness (QED) is 0.893. The van der Waals surface area contributed by atoms with Crippen LogP contribution in [-0.2, 0) is 6.54 Å². The first-order chi connectivity index (χ1) is 9.15. The first-order valence-corrected chi connectivity index (χ1v) is 6.16. The fraction of sp³-hybridized carbons (Fsp3) is 0.385. The van der Waals surface area contributed by atoms with Crippen molar-refractivity contribution < 1.29 is 9.47 Å². The summed E-state index contributed by atoms with van der Waals surface area (Å²) in [6.45, 7) is 4.57. The van der Waals surface area contributed by atoms with Crippen molar-refractivity contribution in [1.29, 1.82) is 0 Å². The zero-order valence-corrected chi connectivity index (χ0v) is 11.3. The molecule has 0 aliphatic heterocycles. The molecule has 1 aromatic carbocycles. The Hall–Kier alpha value is -2.08. The van der Waals surface area contributed by atoms with Crippen LogP contribution in [0.2, 0.25) is 0 Å². The number of nitrogens with zero attached hydrogens (tertiary/aromatic N) is 3. The monoisotopic (exact) mass is 262 g/mol. The van der Waals surface area contributed by atoms with Gasteiger partial charge in [-0.2, -0.15) is 0 Å². The molecular weight excluding hydrogens is 244 g/mol. The van der Waals surface area contributed by atoms with Crippen molar-refractivity contribution >= 4 is 0 Å². The number of hydrogen-bond donors (Lipinski definition) is 1. The molecular formula is C13H18N4O2. The Bertz CT molecular complexity index is 534. The second-order valence-corrected chi connectivity index (χ2v) is 4.15. The highest BCUT2D eigenvalue weighted by Gasteiger charge is 2.15. The van der Waals surface area contributed by atoms with Gasteiger partial charge >= 0.3 is 6.01 Å². The zero-order chi connectivity index (χ0) is 13.8. The number of ether oxygens (including phenoxy) is 2. The Morgan fingerprint density at radius 2 is 1.84 bits per heavy atom. The van der Waals surface area contributed by atoms with Gasteiger partial charge in [-0.05, 0) is 38.1 Å². The summed E-state index contributed by atoms with van der Waals surface area (Å²) >= 11 is 0. The van der Waals surface area contributed by atoms with E-state index in [1.165, 1.54) is 0 Å². The number of rotatable bonds is 5. The van der Waals surface area contributed by atoms with Crippen molar-refractivity contribution in [3.8, 4) is 17.5 Å². The molecule has 2 rings (SSSR count). The first kappa shape index (κ1) is 13.4. The summed E-state index contributed by atoms with van der Waals surface area (Å²) in [6, 6.07) is 7.56. The van der Waals surface area contributed by atoms with E-state index in [1.54, 1.807) is 7.11 Å². The third-order valence-corrected chi connectivity index (χ3v) is 2.74. The summed E-state index contributed by atoms with van der Waals surface area (Å²) in [4.78, 5) is 0. The van der Waals surface area contributed by atoms with Gasteiger partial charge in [-0.15, -0.1) is 5.10 Å². The number of methoxy groups -OCH3 is 1. The SMILES string of the molecule is CCn1c(Oc2ccc(OC)cc2)nnc1[C@@H](C)N. The van der Waals surface area contributed by atoms with E-state index in [2.05, 4.69) is 10.2 Å². The topological polar surface area (TPSA) is 75.2 Å². The second kappa shape index (κ2) is 5.71. The van der Waals surface area contributed by atoms with E-state index < -0.39 is 0 Å². The minimum absolute atomic E-state index is 0.180. The van der Waals surface area contributed by atoms with Gasteiger partial charge in [0.25, 0.3) is 0 Å². The van der Waals surface area contributed by atoms with E-state index in [9.17, 15) is 0 Å². The number of hydrogen-bond acceptors (Lipinski definition) is 5. The Morgan fingerprint density at radius 3 is 2.37 bits per heavy atom. The average molecular weight is 262 g/mol. The lowest BCUT2D eigenvalue weighted by atomic mass is 10.3. The van der Waals surface area contributed by atoms with Crippen LogP contribution in [0.5, 0.6) is 17.5 Å². The Kier molecular flexibility index (Phi) is 4.01. The molecule has 0 saturated carbocycles. The van der Waals surface area contributed by atoms with Crippen LogP contribution in [0.15, 0.2) is 24.3 Å². The maximum absolute atomic E-state index is 5.84. The predicted molar refractivity (Wildman–Crippen MR) is 71.4 cm³/mol. The van der Waals surface area contributed by atoms with Crippen LogP contribution in [0, 0.1) is 0 Å². The average Bonchev–Trinajstić information content (AvgIpc) is 2.82. The predicted octanol–water partition coefficient (Wildman–Crippen LogP) is 2.12. The van der Waals surface area contributed by atoms with Crippen LogP contribution in [0.1, 0.15) is 25.7 Å². The highest BCUT2D eigenvalue weighted by Crippen LogP contribution is 2.24. The number of aromatic nitrogens is 3. The molecule has 2 aromatic rings. The Morgan fingerprint density at radius 1 is 1.21 bits per heavy atom. The summed E-state index contributed by atoms with van der Waals surface area (Å²) in [5.41, 5.74) is 5.84. The van der Waals surface area contributed by atoms with Gasteiger partial charge < -0.3 is 15.2 Å². The highest BCUT2D eigenvalue weighted by molar-refractivity contribution is 5.32. The van der Waals surface area contributed by atoms with Gasteiger partial charge in [0.2, 0.25) is 0 Å². The number of benzene rings is 1. The standard InChI is InChI=1S/C13H18N4O2/c1-4-17-12(9(2)14)15-16-13(17)19-11-7-5-10(18-3)6-8-11/h5-9H,4,14H2,1-3H3/t9-/m1/s1. The van der Waals surface area contributed by atoms with Crippen LogP contribution in [0.3, 0.4) is 0 Å². The van der Waals surface area contributed by atoms with E-state index in [0.29, 0.717) is 24.1 Å². The smallest absolute Gasteiger partial charge is 0.322 e. The third kappa shape index (κ3) is 2.85. The molecule has 1 heterocycles. The molecule has 0 fully saturated rings. The molecule has 0 bridgehead atoms. The van der Waals surface area contributed by atoms with Crippen LogP contribution >= 0.6 is 0 Å². The Balaban J connectivity index is 2.22. The molecule has 0 aliphatic rings. The van der Waals surface area contributed by atoms with E-state index in [4.69, 9.17) is 15.2 Å². The summed E-state index contributed by atoms with van der Waals surface area (Å²) in [5, 5.41) is 8.08. The van der Waals surface area contributed by atoms with Gasteiger partial charge in [0, 0.05) is 6.54 Å². The van der Waals surface area contributed by atoms with Crippen LogP contribution < -0.4 is 15.2 Å². The van der Waals surface area contributed by atoms with Crippen LogP contribution in [-0.4, -0.2) is 21.9 Å². The third-order valence-electron chi connectivity index (χ3n) is 2.74. The number of nitrogens with two attached hydrogens (primary N) is 1. The molecule has 19 heavy (non-hydrogen) atoms. The lowest BCUT2D eigenvalue weighted by Gasteiger charge is -2.10. The maximum atomic E-state index is 5.84. The van der Waals surface area contributed by atoms with E-state index in [1.807, 2.05) is 42.7 Å². The molecule has 0 radical (unpaired) electrons. The lowest BCUT2D eigenvalue weighted by Crippen LogP contribution is -2.13. The summed E-state index contributed by atoms with van der Waals surface area (Å²) in [5.74, 6) is 2.17. The molecule has 0 spiro atoms. The van der Waals surface area contributed by atoms with Gasteiger partial charge in [-0.1, -0.05) is 5.10 Å². The van der Waals surface area contributed by atoms with E-state index in [-0.39, 0.29) is 6.04 Å². The fourth-order valence-electron chi connectivity index (χ4n) is 1.76. The van der Waals surface area contributed by atoms with E-state index in [0.717, 1.165) is 5.75 Å². The van der Waals surface area contributed by atoms with Gasteiger partial charge in [0.05, 0.1) is 13.2 Å². The van der Waals surface area contributed by atoms with Gasteiger partial charge in [-0.3, -0.25) is 4.57 Å². The molecule has 6 nitrogen and oxygen atoms in total. The van der Waals surface area contributed by atoms with Crippen LogP contribution in [0.4, 0.5) is 0 Å². The van der Waals surface area contributed by atoms with Gasteiger partial charge in [0.1, 0.15) is 11.5 Å². The van der Waals surface area contributed by atoms with Crippen LogP contribution in [0.25, 0.3) is 0 Å². The van der Waals surface area contributed by atoms with Crippen molar-refractivity contribution in [2.24, 2.45) is 5.73 Å². The first-order valence-electron chi connectivity index (χ1n) is 6.16. The van der Waals surface area contributed by atoms with E-state index >= 15 is 0 Å². The highest BCUT2D eigenvalue weighted by atomic mass is 16.5. The van der Waals surface area contributed by atoms with Gasteiger partial charge in [0.15, 0.2) is 5.82 Å². The molecule has 102 valence electrons. The molecule has 2 N–H and O–H groups in total. The fourth-order valence-corrected chi connectivity index (χ4v) is 1.76. The minimum Gasteiger partial charge on any atom is -0.497 e. The normalized spacial score (nSPS) is 12.2. The van der Waals surface area contributed by atoms with Crippen molar-refractivity contribution in [3.63, 3.8) is 0 Å². The zero-order valence-electron chi connectivity index (χ0n) is 11.3. The molecule has 0 saturated heterocycles. The van der Waals surface area contributed by atoms with Crippen molar-refractivity contribution in [1.82, 2.24) is 14.8 Å². The second-order valence-electron chi connectivity index (χ2n) is 4.15. The van der Waals surface area contributed by atoms with Crippen molar-refractivity contribution in [2.75, 3.05) is 7.11 Å². The van der Waals surface area contributed by atoms with Crippen molar-refractivity contribution in [3.05, 3.63) is 30.1 Å².